The fourth-order valence-electron chi connectivity index (χ4n) is 1.31. The van der Waals surface area contributed by atoms with Gasteiger partial charge in [-0.3, -0.25) is 0 Å². The summed E-state index contributed by atoms with van der Waals surface area (Å²) in [7, 11) is 1.57. The standard InChI is InChI=1S/C15H20N2O2.C2H6/c1-6-13(8-7-11(2)3)10-19-15-14(18-5)9-16-12(4)17-15;1-2/h6-9H,2,10H2,1,3-5H3;1-2H3/b8-7-,13-6+;. The fourth-order valence-corrected chi connectivity index (χ4v) is 1.31. The highest BCUT2D eigenvalue weighted by atomic mass is 16.5. The minimum atomic E-state index is 0.424. The van der Waals surface area contributed by atoms with Gasteiger partial charge >= 0.3 is 0 Å². The van der Waals surface area contributed by atoms with Gasteiger partial charge in [-0.1, -0.05) is 44.2 Å². The Morgan fingerprint density at radius 3 is 2.52 bits per heavy atom. The molecule has 0 fully saturated rings. The minimum absolute atomic E-state index is 0.424. The fraction of sp³-hybridized carbons (Fsp3) is 0.412. The number of ether oxygens (including phenoxy) is 2. The summed E-state index contributed by atoms with van der Waals surface area (Å²) in [5.74, 6) is 1.64. The molecular formula is C17H26N2O2. The first-order valence-electron chi connectivity index (χ1n) is 7.06. The Labute approximate surface area is 128 Å². The normalized spacial score (nSPS) is 10.9. The summed E-state index contributed by atoms with van der Waals surface area (Å²) in [6, 6.07) is 0. The first-order chi connectivity index (χ1) is 10.1. The van der Waals surface area contributed by atoms with Crippen molar-refractivity contribution < 1.29 is 9.47 Å². The quantitative estimate of drug-likeness (QED) is 0.734. The molecule has 0 saturated carbocycles. The van der Waals surface area contributed by atoms with Crippen LogP contribution in [0.1, 0.15) is 33.5 Å². The van der Waals surface area contributed by atoms with E-state index < -0.39 is 0 Å². The number of rotatable bonds is 6. The first kappa shape index (κ1) is 18.9. The maximum atomic E-state index is 5.67. The minimum Gasteiger partial charge on any atom is -0.490 e. The molecule has 1 aromatic rings. The Bertz CT molecular complexity index is 506. The summed E-state index contributed by atoms with van der Waals surface area (Å²) in [5.41, 5.74) is 2.04. The van der Waals surface area contributed by atoms with E-state index in [9.17, 15) is 0 Å². The van der Waals surface area contributed by atoms with Gasteiger partial charge in [0.1, 0.15) is 12.4 Å². The van der Waals surface area contributed by atoms with Gasteiger partial charge in [0.15, 0.2) is 5.75 Å². The molecule has 0 N–H and O–H groups in total. The molecule has 4 heteroatoms. The van der Waals surface area contributed by atoms with Crippen LogP contribution in [0.3, 0.4) is 0 Å². The third-order valence-corrected chi connectivity index (χ3v) is 2.39. The van der Waals surface area contributed by atoms with Crippen molar-refractivity contribution in [2.24, 2.45) is 0 Å². The second-order valence-corrected chi connectivity index (χ2v) is 4.12. The van der Waals surface area contributed by atoms with Gasteiger partial charge in [0.25, 0.3) is 5.88 Å². The molecule has 1 aromatic heterocycles. The third-order valence-electron chi connectivity index (χ3n) is 2.39. The molecule has 0 unspecified atom stereocenters. The lowest BCUT2D eigenvalue weighted by Crippen LogP contribution is -2.04. The highest BCUT2D eigenvalue weighted by Gasteiger charge is 2.07. The van der Waals surface area contributed by atoms with E-state index in [-0.39, 0.29) is 0 Å². The van der Waals surface area contributed by atoms with Crippen LogP contribution < -0.4 is 9.47 Å². The molecule has 0 aliphatic rings. The van der Waals surface area contributed by atoms with E-state index in [1.807, 2.05) is 52.8 Å². The van der Waals surface area contributed by atoms with Gasteiger partial charge in [-0.05, 0) is 26.3 Å². The van der Waals surface area contributed by atoms with Crippen molar-refractivity contribution in [3.8, 4) is 11.6 Å². The second kappa shape index (κ2) is 10.7. The summed E-state index contributed by atoms with van der Waals surface area (Å²) in [6.45, 7) is 14.0. The van der Waals surface area contributed by atoms with Crippen LogP contribution in [-0.2, 0) is 0 Å². The molecule has 21 heavy (non-hydrogen) atoms. The monoisotopic (exact) mass is 290 g/mol. The maximum Gasteiger partial charge on any atom is 0.260 e. The van der Waals surface area contributed by atoms with Gasteiger partial charge < -0.3 is 9.47 Å². The maximum absolute atomic E-state index is 5.67. The van der Waals surface area contributed by atoms with Crippen LogP contribution in [0.2, 0.25) is 0 Å². The molecule has 0 bridgehead atoms. The van der Waals surface area contributed by atoms with E-state index in [0.717, 1.165) is 11.1 Å². The van der Waals surface area contributed by atoms with Crippen molar-refractivity contribution >= 4 is 0 Å². The van der Waals surface area contributed by atoms with E-state index in [1.165, 1.54) is 0 Å². The SMILES string of the molecule is C=C(C)/C=C\C(=C/C)COc1nc(C)ncc1OC.CC. The van der Waals surface area contributed by atoms with Gasteiger partial charge in [-0.15, -0.1) is 0 Å². The molecule has 1 rings (SSSR count). The molecular weight excluding hydrogens is 264 g/mol. The Kier molecular flexibility index (Phi) is 9.59. The lowest BCUT2D eigenvalue weighted by atomic mass is 10.2. The zero-order chi connectivity index (χ0) is 16.3. The summed E-state index contributed by atoms with van der Waals surface area (Å²) < 4.78 is 10.8. The average Bonchev–Trinajstić information content (AvgIpc) is 2.49. The molecule has 1 heterocycles. The van der Waals surface area contributed by atoms with E-state index >= 15 is 0 Å². The summed E-state index contributed by atoms with van der Waals surface area (Å²) in [5, 5.41) is 0. The molecule has 0 aliphatic heterocycles. The lowest BCUT2D eigenvalue weighted by Gasteiger charge is -2.10. The number of nitrogens with zero attached hydrogens (tertiary/aromatic N) is 2. The smallest absolute Gasteiger partial charge is 0.260 e. The topological polar surface area (TPSA) is 44.2 Å². The van der Waals surface area contributed by atoms with Crippen LogP contribution in [0.15, 0.2) is 42.2 Å². The van der Waals surface area contributed by atoms with E-state index in [2.05, 4.69) is 16.5 Å². The predicted molar refractivity (Wildman–Crippen MR) is 87.9 cm³/mol. The van der Waals surface area contributed by atoms with Crippen molar-refractivity contribution in [3.05, 3.63) is 48.0 Å². The zero-order valence-electron chi connectivity index (χ0n) is 13.9. The molecule has 0 radical (unpaired) electrons. The van der Waals surface area contributed by atoms with Crippen molar-refractivity contribution in [1.29, 1.82) is 0 Å². The Balaban J connectivity index is 0.00000191. The first-order valence-corrected chi connectivity index (χ1v) is 7.06. The summed E-state index contributed by atoms with van der Waals surface area (Å²) >= 11 is 0. The number of methoxy groups -OCH3 is 1. The van der Waals surface area contributed by atoms with Crippen LogP contribution in [0.5, 0.6) is 11.6 Å². The van der Waals surface area contributed by atoms with Crippen LogP contribution in [0.25, 0.3) is 0 Å². The van der Waals surface area contributed by atoms with Crippen molar-refractivity contribution in [2.45, 2.75) is 34.6 Å². The molecule has 0 aromatic carbocycles. The Hall–Kier alpha value is -2.10. The van der Waals surface area contributed by atoms with Crippen molar-refractivity contribution in [2.75, 3.05) is 13.7 Å². The molecule has 0 atom stereocenters. The lowest BCUT2D eigenvalue weighted by molar-refractivity contribution is 0.306. The van der Waals surface area contributed by atoms with Crippen molar-refractivity contribution in [3.63, 3.8) is 0 Å². The zero-order valence-corrected chi connectivity index (χ0v) is 13.9. The number of aromatic nitrogens is 2. The summed E-state index contributed by atoms with van der Waals surface area (Å²) in [6.07, 6.45) is 7.51. The average molecular weight is 290 g/mol. The van der Waals surface area contributed by atoms with Crippen LogP contribution in [-0.4, -0.2) is 23.7 Å². The predicted octanol–water partition coefficient (Wildman–Crippen LogP) is 4.28. The molecule has 0 aliphatic carbocycles. The van der Waals surface area contributed by atoms with E-state index in [4.69, 9.17) is 9.47 Å². The number of hydrogen-bond donors (Lipinski definition) is 0. The number of allylic oxidation sites excluding steroid dienone is 3. The van der Waals surface area contributed by atoms with Gasteiger partial charge in [-0.25, -0.2) is 4.98 Å². The van der Waals surface area contributed by atoms with Crippen LogP contribution in [0, 0.1) is 6.92 Å². The van der Waals surface area contributed by atoms with Gasteiger partial charge in [0.05, 0.1) is 13.3 Å². The molecule has 116 valence electrons. The molecule has 4 nitrogen and oxygen atoms in total. The van der Waals surface area contributed by atoms with Gasteiger partial charge in [0.2, 0.25) is 0 Å². The number of hydrogen-bond acceptors (Lipinski definition) is 4. The second-order valence-electron chi connectivity index (χ2n) is 4.12. The Morgan fingerprint density at radius 1 is 1.33 bits per heavy atom. The van der Waals surface area contributed by atoms with Crippen LogP contribution in [0.4, 0.5) is 0 Å². The van der Waals surface area contributed by atoms with E-state index in [0.29, 0.717) is 24.1 Å². The molecule has 0 saturated heterocycles. The molecule has 0 spiro atoms. The molecule has 0 amide bonds. The number of aryl methyl sites for hydroxylation is 1. The van der Waals surface area contributed by atoms with Gasteiger partial charge in [-0.2, -0.15) is 4.98 Å². The van der Waals surface area contributed by atoms with Crippen molar-refractivity contribution in [1.82, 2.24) is 9.97 Å². The van der Waals surface area contributed by atoms with E-state index in [1.54, 1.807) is 13.3 Å². The van der Waals surface area contributed by atoms with Crippen LogP contribution >= 0.6 is 0 Å². The third kappa shape index (κ3) is 7.30. The highest BCUT2D eigenvalue weighted by molar-refractivity contribution is 5.32. The highest BCUT2D eigenvalue weighted by Crippen LogP contribution is 2.23. The summed E-state index contributed by atoms with van der Waals surface area (Å²) in [4.78, 5) is 8.28. The largest absolute Gasteiger partial charge is 0.490 e. The Morgan fingerprint density at radius 2 is 2.00 bits per heavy atom. The van der Waals surface area contributed by atoms with Gasteiger partial charge in [0, 0.05) is 0 Å².